The molecule has 16 heavy (non-hydrogen) atoms. The van der Waals surface area contributed by atoms with Crippen molar-refractivity contribution in [3.63, 3.8) is 0 Å². The van der Waals surface area contributed by atoms with Gasteiger partial charge in [0.15, 0.2) is 0 Å². The molecule has 0 bridgehead atoms. The first-order valence-corrected chi connectivity index (χ1v) is 5.46. The summed E-state index contributed by atoms with van der Waals surface area (Å²) in [4.78, 5) is 15.1. The maximum Gasteiger partial charge on any atom is 0.150 e. The van der Waals surface area contributed by atoms with Gasteiger partial charge in [-0.15, -0.1) is 0 Å². The number of carbonyl (C=O) groups is 1. The average Bonchev–Trinajstić information content (AvgIpc) is 2.25. The van der Waals surface area contributed by atoms with Crippen LogP contribution in [-0.4, -0.2) is 45.4 Å². The summed E-state index contributed by atoms with van der Waals surface area (Å²) in [5.41, 5.74) is 2.96. The van der Waals surface area contributed by atoms with Crippen LogP contribution in [0.1, 0.15) is 15.9 Å². The van der Waals surface area contributed by atoms with E-state index in [9.17, 15) is 4.79 Å². The van der Waals surface area contributed by atoms with Crippen molar-refractivity contribution in [2.45, 2.75) is 6.92 Å². The summed E-state index contributed by atoms with van der Waals surface area (Å²) >= 11 is 0. The van der Waals surface area contributed by atoms with Crippen LogP contribution in [0.2, 0.25) is 0 Å². The number of hydrogen-bond acceptors (Lipinski definition) is 3. The molecule has 3 nitrogen and oxygen atoms in total. The van der Waals surface area contributed by atoms with Crippen molar-refractivity contribution in [1.82, 2.24) is 4.90 Å². The Morgan fingerprint density at radius 1 is 1.19 bits per heavy atom. The summed E-state index contributed by atoms with van der Waals surface area (Å²) in [6, 6.07) is 5.93. The van der Waals surface area contributed by atoms with E-state index in [1.165, 1.54) is 0 Å². The van der Waals surface area contributed by atoms with Crippen molar-refractivity contribution < 1.29 is 4.79 Å². The van der Waals surface area contributed by atoms with Crippen LogP contribution < -0.4 is 4.90 Å². The molecule has 0 saturated heterocycles. The zero-order chi connectivity index (χ0) is 12.1. The zero-order valence-electron chi connectivity index (χ0n) is 10.5. The van der Waals surface area contributed by atoms with E-state index >= 15 is 0 Å². The third kappa shape index (κ3) is 3.35. The lowest BCUT2D eigenvalue weighted by atomic mass is 10.1. The average molecular weight is 220 g/mol. The molecule has 0 saturated carbocycles. The van der Waals surface area contributed by atoms with Crippen LogP contribution in [0.15, 0.2) is 18.2 Å². The Morgan fingerprint density at radius 3 is 2.38 bits per heavy atom. The molecule has 0 atom stereocenters. The van der Waals surface area contributed by atoms with Crippen molar-refractivity contribution in [2.24, 2.45) is 0 Å². The predicted octanol–water partition coefficient (Wildman–Crippen LogP) is 1.81. The number of rotatable bonds is 5. The topological polar surface area (TPSA) is 23.6 Å². The molecule has 0 heterocycles. The van der Waals surface area contributed by atoms with Gasteiger partial charge < -0.3 is 9.80 Å². The van der Waals surface area contributed by atoms with Gasteiger partial charge in [0.1, 0.15) is 6.29 Å². The molecule has 0 radical (unpaired) electrons. The fourth-order valence-corrected chi connectivity index (χ4v) is 1.51. The Kier molecular flexibility index (Phi) is 4.50. The minimum atomic E-state index is 0.768. The van der Waals surface area contributed by atoms with E-state index in [2.05, 4.69) is 37.0 Å². The first kappa shape index (κ1) is 12.7. The monoisotopic (exact) mass is 220 g/mol. The van der Waals surface area contributed by atoms with Crippen molar-refractivity contribution in [3.8, 4) is 0 Å². The lowest BCUT2D eigenvalue weighted by molar-refractivity contribution is 0.112. The predicted molar refractivity (Wildman–Crippen MR) is 68.4 cm³/mol. The molecule has 0 aliphatic rings. The molecule has 3 heteroatoms. The summed E-state index contributed by atoms with van der Waals surface area (Å²) in [7, 11) is 6.20. The van der Waals surface area contributed by atoms with E-state index in [0.29, 0.717) is 0 Å². The number of hydrogen-bond donors (Lipinski definition) is 0. The summed E-state index contributed by atoms with van der Waals surface area (Å²) < 4.78 is 0. The highest BCUT2D eigenvalue weighted by Crippen LogP contribution is 2.16. The number of likely N-dealkylation sites (N-methyl/N-ethyl adjacent to an activating group) is 2. The number of anilines is 1. The van der Waals surface area contributed by atoms with Crippen molar-refractivity contribution in [1.29, 1.82) is 0 Å². The Hall–Kier alpha value is -1.35. The maximum atomic E-state index is 10.7. The molecule has 1 aromatic rings. The highest BCUT2D eigenvalue weighted by atomic mass is 16.1. The van der Waals surface area contributed by atoms with Crippen LogP contribution in [0.5, 0.6) is 0 Å². The second kappa shape index (κ2) is 5.66. The summed E-state index contributed by atoms with van der Waals surface area (Å²) in [5, 5.41) is 0. The molecule has 0 aromatic heterocycles. The van der Waals surface area contributed by atoms with Crippen LogP contribution in [0, 0.1) is 6.92 Å². The standard InChI is InChI=1S/C13H20N2O/c1-11-9-13(6-5-12(11)10-16)15(4)8-7-14(2)3/h5-6,9-10H,7-8H2,1-4H3. The molecule has 0 amide bonds. The Labute approximate surface area is 97.7 Å². The first-order valence-electron chi connectivity index (χ1n) is 5.46. The molecule has 88 valence electrons. The lowest BCUT2D eigenvalue weighted by Gasteiger charge is -2.22. The maximum absolute atomic E-state index is 10.7. The van der Waals surface area contributed by atoms with Gasteiger partial charge in [0.2, 0.25) is 0 Å². The van der Waals surface area contributed by atoms with E-state index in [4.69, 9.17) is 0 Å². The van der Waals surface area contributed by atoms with Crippen molar-refractivity contribution in [3.05, 3.63) is 29.3 Å². The Bertz CT molecular complexity index is 361. The quantitative estimate of drug-likeness (QED) is 0.707. The Balaban J connectivity index is 2.72. The third-order valence-electron chi connectivity index (χ3n) is 2.70. The van der Waals surface area contributed by atoms with Gasteiger partial charge >= 0.3 is 0 Å². The van der Waals surface area contributed by atoms with E-state index in [1.807, 2.05) is 19.1 Å². The number of carbonyl (C=O) groups excluding carboxylic acids is 1. The third-order valence-corrected chi connectivity index (χ3v) is 2.70. The molecule has 1 aromatic carbocycles. The van der Waals surface area contributed by atoms with Gasteiger partial charge in [-0.05, 0) is 44.8 Å². The number of benzene rings is 1. The largest absolute Gasteiger partial charge is 0.373 e. The molecule has 1 rings (SSSR count). The fraction of sp³-hybridized carbons (Fsp3) is 0.462. The van der Waals surface area contributed by atoms with Crippen LogP contribution in [0.4, 0.5) is 5.69 Å². The molecule has 0 spiro atoms. The van der Waals surface area contributed by atoms with Crippen molar-refractivity contribution >= 4 is 12.0 Å². The summed E-state index contributed by atoms with van der Waals surface area (Å²) in [6.07, 6.45) is 0.902. The van der Waals surface area contributed by atoms with E-state index in [1.54, 1.807) is 0 Å². The van der Waals surface area contributed by atoms with Crippen LogP contribution in [-0.2, 0) is 0 Å². The van der Waals surface area contributed by atoms with Gasteiger partial charge in [-0.2, -0.15) is 0 Å². The van der Waals surface area contributed by atoms with Crippen LogP contribution >= 0.6 is 0 Å². The van der Waals surface area contributed by atoms with Crippen LogP contribution in [0.3, 0.4) is 0 Å². The summed E-state index contributed by atoms with van der Waals surface area (Å²) in [5.74, 6) is 0. The zero-order valence-corrected chi connectivity index (χ0v) is 10.5. The fourth-order valence-electron chi connectivity index (χ4n) is 1.51. The van der Waals surface area contributed by atoms with Gasteiger partial charge in [-0.25, -0.2) is 0 Å². The van der Waals surface area contributed by atoms with Gasteiger partial charge in [-0.3, -0.25) is 4.79 Å². The normalized spacial score (nSPS) is 10.6. The lowest BCUT2D eigenvalue weighted by Crippen LogP contribution is -2.28. The highest BCUT2D eigenvalue weighted by Gasteiger charge is 2.03. The molecule has 0 unspecified atom stereocenters. The number of nitrogens with zero attached hydrogens (tertiary/aromatic N) is 2. The second-order valence-electron chi connectivity index (χ2n) is 4.38. The van der Waals surface area contributed by atoms with Gasteiger partial charge in [0.25, 0.3) is 0 Å². The Morgan fingerprint density at radius 2 is 1.88 bits per heavy atom. The summed E-state index contributed by atoms with van der Waals surface area (Å²) in [6.45, 7) is 3.96. The van der Waals surface area contributed by atoms with Gasteiger partial charge in [0.05, 0.1) is 0 Å². The van der Waals surface area contributed by atoms with E-state index in [-0.39, 0.29) is 0 Å². The molecular formula is C13H20N2O. The number of aldehydes is 1. The number of aryl methyl sites for hydroxylation is 1. The molecular weight excluding hydrogens is 200 g/mol. The smallest absolute Gasteiger partial charge is 0.150 e. The van der Waals surface area contributed by atoms with E-state index in [0.717, 1.165) is 36.2 Å². The van der Waals surface area contributed by atoms with E-state index < -0.39 is 0 Å². The molecule has 0 N–H and O–H groups in total. The van der Waals surface area contributed by atoms with Crippen LogP contribution in [0.25, 0.3) is 0 Å². The minimum absolute atomic E-state index is 0.768. The molecule has 0 aliphatic carbocycles. The molecule has 0 aliphatic heterocycles. The first-order chi connectivity index (χ1) is 7.54. The van der Waals surface area contributed by atoms with Gasteiger partial charge in [-0.1, -0.05) is 0 Å². The van der Waals surface area contributed by atoms with Crippen molar-refractivity contribution in [2.75, 3.05) is 39.1 Å². The molecule has 0 fully saturated rings. The van der Waals surface area contributed by atoms with Gasteiger partial charge in [0, 0.05) is 31.4 Å². The highest BCUT2D eigenvalue weighted by molar-refractivity contribution is 5.78. The SMILES string of the molecule is Cc1cc(N(C)CCN(C)C)ccc1C=O. The second-order valence-corrected chi connectivity index (χ2v) is 4.38. The minimum Gasteiger partial charge on any atom is -0.373 e.